The van der Waals surface area contributed by atoms with Gasteiger partial charge in [-0.1, -0.05) is 17.7 Å². The van der Waals surface area contributed by atoms with Crippen LogP contribution in [0.15, 0.2) is 57.7 Å². The van der Waals surface area contributed by atoms with Crippen molar-refractivity contribution >= 4 is 44.0 Å². The fourth-order valence-corrected chi connectivity index (χ4v) is 4.23. The number of thiophene rings is 1. The number of anilines is 1. The van der Waals surface area contributed by atoms with Gasteiger partial charge in [-0.15, -0.1) is 11.3 Å². The number of fused-ring (bicyclic) bond motifs is 3. The van der Waals surface area contributed by atoms with Gasteiger partial charge in [-0.3, -0.25) is 4.79 Å². The molecule has 0 aliphatic rings. The van der Waals surface area contributed by atoms with Crippen LogP contribution in [0.2, 0.25) is 0 Å². The van der Waals surface area contributed by atoms with E-state index >= 15 is 0 Å². The standard InChI is InChI=1S/C21H14F3NO3S/c1-11-6-7-16-14(8-11)18-15(20(27)28-16)10-17(29-18)19(26)25(2)13-5-3-4-12(9-13)21(22,23)24/h3-10H,1-2H3. The van der Waals surface area contributed by atoms with Gasteiger partial charge in [0.2, 0.25) is 0 Å². The zero-order valence-electron chi connectivity index (χ0n) is 15.3. The van der Waals surface area contributed by atoms with E-state index in [1.807, 2.05) is 19.1 Å². The summed E-state index contributed by atoms with van der Waals surface area (Å²) in [4.78, 5) is 26.6. The number of nitrogens with zero attached hydrogens (tertiary/aromatic N) is 1. The van der Waals surface area contributed by atoms with Crippen molar-refractivity contribution in [2.45, 2.75) is 13.1 Å². The Labute approximate surface area is 166 Å². The van der Waals surface area contributed by atoms with Crippen LogP contribution < -0.4 is 10.5 Å². The quantitative estimate of drug-likeness (QED) is 0.398. The van der Waals surface area contributed by atoms with Gasteiger partial charge >= 0.3 is 11.8 Å². The predicted octanol–water partition coefficient (Wildman–Crippen LogP) is 5.61. The number of benzene rings is 2. The topological polar surface area (TPSA) is 50.5 Å². The van der Waals surface area contributed by atoms with Crippen molar-refractivity contribution < 1.29 is 22.4 Å². The van der Waals surface area contributed by atoms with E-state index in [-0.39, 0.29) is 16.0 Å². The SMILES string of the molecule is Cc1ccc2oc(=O)c3cc(C(=O)N(C)c4cccc(C(F)(F)F)c4)sc3c2c1. The first-order valence-corrected chi connectivity index (χ1v) is 9.39. The lowest BCUT2D eigenvalue weighted by Gasteiger charge is -2.18. The molecule has 4 rings (SSSR count). The van der Waals surface area contributed by atoms with Crippen LogP contribution in [0.3, 0.4) is 0 Å². The molecule has 8 heteroatoms. The van der Waals surface area contributed by atoms with Gasteiger partial charge in [0.15, 0.2) is 0 Å². The normalized spacial score (nSPS) is 11.9. The number of rotatable bonds is 2. The van der Waals surface area contributed by atoms with Crippen LogP contribution in [0.1, 0.15) is 20.8 Å². The first-order chi connectivity index (χ1) is 13.6. The summed E-state index contributed by atoms with van der Waals surface area (Å²) in [6.07, 6.45) is -4.51. The van der Waals surface area contributed by atoms with Gasteiger partial charge in [0.05, 0.1) is 20.5 Å². The molecule has 0 saturated heterocycles. The Hall–Kier alpha value is -3.13. The molecule has 29 heavy (non-hydrogen) atoms. The highest BCUT2D eigenvalue weighted by Crippen LogP contribution is 2.34. The van der Waals surface area contributed by atoms with Crippen LogP contribution in [-0.4, -0.2) is 13.0 Å². The Bertz CT molecular complexity index is 1320. The lowest BCUT2D eigenvalue weighted by molar-refractivity contribution is -0.137. The summed E-state index contributed by atoms with van der Waals surface area (Å²) < 4.78 is 44.9. The second kappa shape index (κ2) is 6.73. The van der Waals surface area contributed by atoms with Crippen molar-refractivity contribution in [1.82, 2.24) is 0 Å². The fourth-order valence-electron chi connectivity index (χ4n) is 3.09. The van der Waals surface area contributed by atoms with Gasteiger partial charge in [-0.2, -0.15) is 13.2 Å². The molecule has 1 amide bonds. The maximum Gasteiger partial charge on any atom is 0.416 e. The minimum atomic E-state index is -4.51. The summed E-state index contributed by atoms with van der Waals surface area (Å²) in [6.45, 7) is 1.90. The predicted molar refractivity (Wildman–Crippen MR) is 107 cm³/mol. The molecule has 0 spiro atoms. The molecule has 0 saturated carbocycles. The number of alkyl halides is 3. The summed E-state index contributed by atoms with van der Waals surface area (Å²) in [6, 6.07) is 11.3. The molecule has 0 atom stereocenters. The van der Waals surface area contributed by atoms with Gasteiger partial charge in [-0.25, -0.2) is 4.79 Å². The van der Waals surface area contributed by atoms with Crippen molar-refractivity contribution in [2.75, 3.05) is 11.9 Å². The molecular formula is C21H14F3NO3S. The Morgan fingerprint density at radius 1 is 1.07 bits per heavy atom. The summed E-state index contributed by atoms with van der Waals surface area (Å²) >= 11 is 1.12. The Morgan fingerprint density at radius 2 is 1.83 bits per heavy atom. The highest BCUT2D eigenvalue weighted by atomic mass is 32.1. The molecule has 0 N–H and O–H groups in total. The number of hydrogen-bond donors (Lipinski definition) is 0. The van der Waals surface area contributed by atoms with Gasteiger partial charge < -0.3 is 9.32 Å². The van der Waals surface area contributed by atoms with Crippen molar-refractivity contribution in [1.29, 1.82) is 0 Å². The third-order valence-corrected chi connectivity index (χ3v) is 5.77. The number of halogens is 3. The second-order valence-electron chi connectivity index (χ2n) is 6.65. The van der Waals surface area contributed by atoms with Crippen LogP contribution >= 0.6 is 11.3 Å². The van der Waals surface area contributed by atoms with E-state index in [1.54, 1.807) is 6.07 Å². The molecule has 2 aromatic heterocycles. The van der Waals surface area contributed by atoms with Crippen LogP contribution in [0.4, 0.5) is 18.9 Å². The highest BCUT2D eigenvalue weighted by molar-refractivity contribution is 7.21. The summed E-state index contributed by atoms with van der Waals surface area (Å²) in [5.41, 5.74) is 0.0895. The van der Waals surface area contributed by atoms with E-state index in [9.17, 15) is 22.8 Å². The van der Waals surface area contributed by atoms with Gasteiger partial charge in [-0.05, 0) is 43.3 Å². The minimum Gasteiger partial charge on any atom is -0.422 e. The average Bonchev–Trinajstić information content (AvgIpc) is 3.13. The molecule has 0 unspecified atom stereocenters. The molecule has 2 aromatic carbocycles. The number of carbonyl (C=O) groups excluding carboxylic acids is 1. The lowest BCUT2D eigenvalue weighted by atomic mass is 10.1. The van der Waals surface area contributed by atoms with Crippen LogP contribution in [0.25, 0.3) is 21.1 Å². The number of aryl methyl sites for hydroxylation is 1. The Morgan fingerprint density at radius 3 is 2.55 bits per heavy atom. The fraction of sp³-hybridized carbons (Fsp3) is 0.143. The van der Waals surface area contributed by atoms with Crippen LogP contribution in [0, 0.1) is 6.92 Å². The molecule has 0 radical (unpaired) electrons. The van der Waals surface area contributed by atoms with E-state index < -0.39 is 23.3 Å². The van der Waals surface area contributed by atoms with Crippen molar-refractivity contribution in [3.05, 3.63) is 75.0 Å². The number of amides is 1. The number of carbonyl (C=O) groups is 1. The lowest BCUT2D eigenvalue weighted by Crippen LogP contribution is -2.25. The molecule has 0 aliphatic carbocycles. The average molecular weight is 417 g/mol. The van der Waals surface area contributed by atoms with Crippen molar-refractivity contribution in [3.8, 4) is 0 Å². The third-order valence-electron chi connectivity index (χ3n) is 4.61. The summed E-state index contributed by atoms with van der Waals surface area (Å²) in [5, 5.41) is 0.985. The molecule has 2 heterocycles. The van der Waals surface area contributed by atoms with E-state index in [0.717, 1.165) is 33.9 Å². The smallest absolute Gasteiger partial charge is 0.416 e. The molecule has 0 fully saturated rings. The van der Waals surface area contributed by atoms with Gasteiger partial charge in [0.1, 0.15) is 5.58 Å². The maximum atomic E-state index is 13.0. The highest BCUT2D eigenvalue weighted by Gasteiger charge is 2.31. The third kappa shape index (κ3) is 3.40. The second-order valence-corrected chi connectivity index (χ2v) is 7.71. The van der Waals surface area contributed by atoms with Crippen molar-refractivity contribution in [3.63, 3.8) is 0 Å². The zero-order chi connectivity index (χ0) is 20.9. The molecular weight excluding hydrogens is 403 g/mol. The van der Waals surface area contributed by atoms with Crippen molar-refractivity contribution in [2.24, 2.45) is 0 Å². The van der Waals surface area contributed by atoms with E-state index in [0.29, 0.717) is 15.7 Å². The largest absolute Gasteiger partial charge is 0.422 e. The first kappa shape index (κ1) is 19.2. The minimum absolute atomic E-state index is 0.106. The van der Waals surface area contributed by atoms with E-state index in [2.05, 4.69) is 0 Å². The molecule has 148 valence electrons. The Balaban J connectivity index is 1.79. The maximum absolute atomic E-state index is 13.0. The van der Waals surface area contributed by atoms with Crippen LogP contribution in [0.5, 0.6) is 0 Å². The van der Waals surface area contributed by atoms with Gasteiger partial charge in [0, 0.05) is 18.1 Å². The van der Waals surface area contributed by atoms with E-state index in [1.165, 1.54) is 25.2 Å². The molecule has 4 aromatic rings. The molecule has 0 aliphatic heterocycles. The first-order valence-electron chi connectivity index (χ1n) is 8.57. The zero-order valence-corrected chi connectivity index (χ0v) is 16.1. The van der Waals surface area contributed by atoms with Crippen LogP contribution in [-0.2, 0) is 6.18 Å². The summed E-state index contributed by atoms with van der Waals surface area (Å²) in [5.74, 6) is -0.509. The Kier molecular flexibility index (Phi) is 4.46. The molecule has 0 bridgehead atoms. The van der Waals surface area contributed by atoms with E-state index in [4.69, 9.17) is 4.42 Å². The number of hydrogen-bond acceptors (Lipinski definition) is 4. The monoisotopic (exact) mass is 417 g/mol. The summed E-state index contributed by atoms with van der Waals surface area (Å²) in [7, 11) is 1.40. The van der Waals surface area contributed by atoms with Gasteiger partial charge in [0.25, 0.3) is 5.91 Å². The molecule has 4 nitrogen and oxygen atoms in total.